The van der Waals surface area contributed by atoms with Crippen LogP contribution in [0.4, 0.5) is 0 Å². The van der Waals surface area contributed by atoms with Gasteiger partial charge in [0.1, 0.15) is 12.2 Å². The van der Waals surface area contributed by atoms with Gasteiger partial charge in [-0.15, -0.1) is 0 Å². The van der Waals surface area contributed by atoms with Crippen LogP contribution in [-0.2, 0) is 0 Å². The molecule has 18 heavy (non-hydrogen) atoms. The van der Waals surface area contributed by atoms with Crippen molar-refractivity contribution in [2.24, 2.45) is 0 Å². The molecule has 3 heteroatoms. The number of aromatic amines is 1. The Balaban J connectivity index is 2.29. The number of nitrogens with one attached hydrogen (secondary N) is 1. The van der Waals surface area contributed by atoms with E-state index in [1.807, 2.05) is 0 Å². The van der Waals surface area contributed by atoms with Crippen molar-refractivity contribution in [1.29, 1.82) is 0 Å². The molecule has 1 rings (SSSR count). The van der Waals surface area contributed by atoms with Crippen molar-refractivity contribution < 1.29 is 0 Å². The van der Waals surface area contributed by atoms with Crippen molar-refractivity contribution in [2.75, 3.05) is 0 Å². The number of hydrogen-bond acceptors (Lipinski definition) is 2. The average Bonchev–Trinajstić information content (AvgIpc) is 2.91. The van der Waals surface area contributed by atoms with E-state index in [1.165, 1.54) is 64.2 Å². The molecule has 0 aliphatic heterocycles. The Kier molecular flexibility index (Phi) is 8.53. The van der Waals surface area contributed by atoms with Crippen molar-refractivity contribution in [1.82, 2.24) is 15.2 Å². The molecule has 0 spiro atoms. The molecule has 1 aromatic heterocycles. The van der Waals surface area contributed by atoms with E-state index in [0.717, 1.165) is 5.82 Å². The first-order valence-corrected chi connectivity index (χ1v) is 7.73. The zero-order valence-electron chi connectivity index (χ0n) is 12.1. The third-order valence-electron chi connectivity index (χ3n) is 3.63. The zero-order chi connectivity index (χ0) is 13.1. The van der Waals surface area contributed by atoms with Gasteiger partial charge in [0, 0.05) is 5.92 Å². The smallest absolute Gasteiger partial charge is 0.137 e. The van der Waals surface area contributed by atoms with Crippen molar-refractivity contribution in [3.8, 4) is 0 Å². The summed E-state index contributed by atoms with van der Waals surface area (Å²) in [5, 5.41) is 7.05. The molecule has 104 valence electrons. The Morgan fingerprint density at radius 2 is 1.56 bits per heavy atom. The van der Waals surface area contributed by atoms with Gasteiger partial charge in [-0.25, -0.2) is 4.98 Å². The molecule has 0 aromatic carbocycles. The van der Waals surface area contributed by atoms with Gasteiger partial charge in [-0.3, -0.25) is 5.10 Å². The highest BCUT2D eigenvalue weighted by molar-refractivity contribution is 4.92. The summed E-state index contributed by atoms with van der Waals surface area (Å²) in [6.45, 7) is 4.53. The van der Waals surface area contributed by atoms with Crippen molar-refractivity contribution in [3.05, 3.63) is 12.2 Å². The molecule has 0 atom stereocenters. The van der Waals surface area contributed by atoms with Crippen molar-refractivity contribution in [3.63, 3.8) is 0 Å². The van der Waals surface area contributed by atoms with Crippen LogP contribution in [0.25, 0.3) is 0 Å². The van der Waals surface area contributed by atoms with Gasteiger partial charge in [-0.1, -0.05) is 65.2 Å². The van der Waals surface area contributed by atoms with Crippen LogP contribution in [0.1, 0.15) is 89.8 Å². The number of aromatic nitrogens is 3. The number of rotatable bonds is 11. The monoisotopic (exact) mass is 251 g/mol. The maximum Gasteiger partial charge on any atom is 0.137 e. The van der Waals surface area contributed by atoms with E-state index in [2.05, 4.69) is 29.0 Å². The van der Waals surface area contributed by atoms with Crippen LogP contribution in [-0.4, -0.2) is 15.2 Å². The second-order valence-corrected chi connectivity index (χ2v) is 5.27. The first-order chi connectivity index (χ1) is 8.88. The number of nitrogens with zero attached hydrogens (tertiary/aromatic N) is 2. The van der Waals surface area contributed by atoms with Crippen LogP contribution in [0.3, 0.4) is 0 Å². The summed E-state index contributed by atoms with van der Waals surface area (Å²) >= 11 is 0. The molecule has 1 aromatic rings. The Labute approximate surface area is 112 Å². The Morgan fingerprint density at radius 1 is 0.944 bits per heavy atom. The molecule has 0 unspecified atom stereocenters. The standard InChI is InChI=1S/C15H29N3/c1-3-5-7-9-11-14(12-10-8-6-4-2)15-16-13-17-18-15/h13-14H,3-12H2,1-2H3,(H,16,17,18). The Hall–Kier alpha value is -0.860. The van der Waals surface area contributed by atoms with E-state index in [0.29, 0.717) is 5.92 Å². The maximum absolute atomic E-state index is 4.35. The van der Waals surface area contributed by atoms with E-state index < -0.39 is 0 Å². The van der Waals surface area contributed by atoms with Crippen LogP contribution < -0.4 is 0 Å². The lowest BCUT2D eigenvalue weighted by Gasteiger charge is -2.13. The lowest BCUT2D eigenvalue weighted by atomic mass is 9.94. The van der Waals surface area contributed by atoms with Crippen LogP contribution >= 0.6 is 0 Å². The SMILES string of the molecule is CCCCCCC(CCCCCC)c1ncn[nH]1. The fourth-order valence-corrected chi connectivity index (χ4v) is 2.46. The molecule has 1 N–H and O–H groups in total. The molecule has 1 heterocycles. The molecule has 0 saturated heterocycles. The summed E-state index contributed by atoms with van der Waals surface area (Å²) in [6, 6.07) is 0. The van der Waals surface area contributed by atoms with Crippen molar-refractivity contribution in [2.45, 2.75) is 84.0 Å². The van der Waals surface area contributed by atoms with E-state index in [-0.39, 0.29) is 0 Å². The van der Waals surface area contributed by atoms with Crippen LogP contribution in [0.15, 0.2) is 6.33 Å². The molecule has 0 aliphatic rings. The third-order valence-corrected chi connectivity index (χ3v) is 3.63. The highest BCUT2D eigenvalue weighted by Gasteiger charge is 2.13. The molecular formula is C15H29N3. The fourth-order valence-electron chi connectivity index (χ4n) is 2.46. The average molecular weight is 251 g/mol. The van der Waals surface area contributed by atoms with Gasteiger partial charge >= 0.3 is 0 Å². The van der Waals surface area contributed by atoms with Crippen LogP contribution in [0.2, 0.25) is 0 Å². The van der Waals surface area contributed by atoms with Gasteiger partial charge in [-0.05, 0) is 12.8 Å². The van der Waals surface area contributed by atoms with Gasteiger partial charge in [0.25, 0.3) is 0 Å². The summed E-state index contributed by atoms with van der Waals surface area (Å²) in [5.74, 6) is 1.70. The highest BCUT2D eigenvalue weighted by atomic mass is 15.2. The van der Waals surface area contributed by atoms with Gasteiger partial charge in [0.05, 0.1) is 0 Å². The molecule has 0 saturated carbocycles. The first kappa shape index (κ1) is 15.2. The molecule has 0 aliphatic carbocycles. The minimum Gasteiger partial charge on any atom is -0.263 e. The van der Waals surface area contributed by atoms with E-state index in [1.54, 1.807) is 6.33 Å². The number of unbranched alkanes of at least 4 members (excludes halogenated alkanes) is 6. The lowest BCUT2D eigenvalue weighted by Crippen LogP contribution is -2.02. The molecular weight excluding hydrogens is 222 g/mol. The van der Waals surface area contributed by atoms with E-state index in [4.69, 9.17) is 0 Å². The molecule has 0 amide bonds. The third kappa shape index (κ3) is 6.18. The van der Waals surface area contributed by atoms with Crippen molar-refractivity contribution >= 4 is 0 Å². The Bertz CT molecular complexity index is 257. The normalized spacial score (nSPS) is 11.3. The number of H-pyrrole nitrogens is 1. The molecule has 0 radical (unpaired) electrons. The second kappa shape index (κ2) is 10.1. The molecule has 0 bridgehead atoms. The summed E-state index contributed by atoms with van der Waals surface area (Å²) in [7, 11) is 0. The predicted molar refractivity (Wildman–Crippen MR) is 76.6 cm³/mol. The topological polar surface area (TPSA) is 41.6 Å². The zero-order valence-corrected chi connectivity index (χ0v) is 12.1. The first-order valence-electron chi connectivity index (χ1n) is 7.73. The van der Waals surface area contributed by atoms with E-state index >= 15 is 0 Å². The highest BCUT2D eigenvalue weighted by Crippen LogP contribution is 2.25. The summed E-state index contributed by atoms with van der Waals surface area (Å²) in [5.41, 5.74) is 0. The summed E-state index contributed by atoms with van der Waals surface area (Å²) < 4.78 is 0. The minimum absolute atomic E-state index is 0.598. The quantitative estimate of drug-likeness (QED) is 0.572. The van der Waals surface area contributed by atoms with Gasteiger partial charge < -0.3 is 0 Å². The largest absolute Gasteiger partial charge is 0.263 e. The van der Waals surface area contributed by atoms with E-state index in [9.17, 15) is 0 Å². The second-order valence-electron chi connectivity index (χ2n) is 5.27. The maximum atomic E-state index is 4.35. The Morgan fingerprint density at radius 3 is 2.00 bits per heavy atom. The minimum atomic E-state index is 0.598. The summed E-state index contributed by atoms with van der Waals surface area (Å²) in [4.78, 5) is 4.35. The van der Waals surface area contributed by atoms with Crippen LogP contribution in [0.5, 0.6) is 0 Å². The number of hydrogen-bond donors (Lipinski definition) is 1. The molecule has 3 nitrogen and oxygen atoms in total. The van der Waals surface area contributed by atoms with Gasteiger partial charge in [-0.2, -0.15) is 5.10 Å². The lowest BCUT2D eigenvalue weighted by molar-refractivity contribution is 0.480. The van der Waals surface area contributed by atoms with Gasteiger partial charge in [0.15, 0.2) is 0 Å². The summed E-state index contributed by atoms with van der Waals surface area (Å²) in [6.07, 6.45) is 14.9. The molecule has 0 fully saturated rings. The fraction of sp³-hybridized carbons (Fsp3) is 0.867. The van der Waals surface area contributed by atoms with Crippen LogP contribution in [0, 0.1) is 0 Å². The predicted octanol–water partition coefficient (Wildman–Crippen LogP) is 4.83. The van der Waals surface area contributed by atoms with Gasteiger partial charge in [0.2, 0.25) is 0 Å².